The van der Waals surface area contributed by atoms with Gasteiger partial charge in [0.15, 0.2) is 5.78 Å². The summed E-state index contributed by atoms with van der Waals surface area (Å²) in [6, 6.07) is 7.13. The average molecular weight is 285 g/mol. The number of rotatable bonds is 2. The molecule has 1 N–H and O–H groups in total. The van der Waals surface area contributed by atoms with E-state index in [-0.39, 0.29) is 11.5 Å². The number of aliphatic hydroxyl groups is 1. The lowest BCUT2D eigenvalue weighted by molar-refractivity contribution is 0.104. The molecule has 0 saturated carbocycles. The fraction of sp³-hybridized carbons (Fsp3) is 0.375. The monoisotopic (exact) mass is 285 g/mol. The maximum Gasteiger partial charge on any atom is 0.199 e. The van der Waals surface area contributed by atoms with Gasteiger partial charge in [0, 0.05) is 37.3 Å². The zero-order chi connectivity index (χ0) is 15.0. The Morgan fingerprint density at radius 1 is 1.14 bits per heavy atom. The minimum atomic E-state index is -0.140. The van der Waals surface area contributed by atoms with Crippen LogP contribution in [0.2, 0.25) is 0 Å². The van der Waals surface area contributed by atoms with Crippen LogP contribution >= 0.6 is 0 Å². The van der Waals surface area contributed by atoms with Gasteiger partial charge in [0.25, 0.3) is 0 Å². The summed E-state index contributed by atoms with van der Waals surface area (Å²) in [5, 5.41) is 16.8. The van der Waals surface area contributed by atoms with E-state index in [2.05, 4.69) is 17.0 Å². The number of likely N-dealkylation sites (N-methyl/N-ethyl adjacent to an activating group) is 1. The van der Waals surface area contributed by atoms with Gasteiger partial charge in [-0.15, -0.1) is 0 Å². The summed E-state index contributed by atoms with van der Waals surface area (Å²) in [5.74, 6) is -0.0931. The Hall–Kier alpha value is -2.14. The lowest BCUT2D eigenvalue weighted by Crippen LogP contribution is -2.42. The van der Waals surface area contributed by atoms with Crippen molar-refractivity contribution in [2.24, 2.45) is 5.10 Å². The lowest BCUT2D eigenvalue weighted by Gasteiger charge is -2.30. The Balaban J connectivity index is 1.87. The second-order valence-electron chi connectivity index (χ2n) is 5.54. The first-order valence-corrected chi connectivity index (χ1v) is 7.14. The first-order valence-electron chi connectivity index (χ1n) is 7.14. The van der Waals surface area contributed by atoms with Crippen LogP contribution < -0.4 is 0 Å². The van der Waals surface area contributed by atoms with Gasteiger partial charge in [-0.05, 0) is 14.0 Å². The van der Waals surface area contributed by atoms with Gasteiger partial charge in [-0.25, -0.2) is 0 Å². The number of fused-ring (bicyclic) bond motifs is 1. The van der Waals surface area contributed by atoms with Crippen molar-refractivity contribution in [3.8, 4) is 0 Å². The van der Waals surface area contributed by atoms with Crippen molar-refractivity contribution in [3.63, 3.8) is 0 Å². The van der Waals surface area contributed by atoms with Crippen LogP contribution in [0.5, 0.6) is 0 Å². The van der Waals surface area contributed by atoms with Gasteiger partial charge in [0.2, 0.25) is 0 Å². The molecule has 1 fully saturated rings. The highest BCUT2D eigenvalue weighted by molar-refractivity contribution is 6.35. The molecular formula is C16H19N3O2. The molecule has 21 heavy (non-hydrogen) atoms. The molecule has 3 rings (SSSR count). The van der Waals surface area contributed by atoms with Crippen molar-refractivity contribution in [3.05, 3.63) is 41.0 Å². The zero-order valence-electron chi connectivity index (χ0n) is 12.3. The normalized spacial score (nSPS) is 20.2. The second kappa shape index (κ2) is 5.33. The van der Waals surface area contributed by atoms with Crippen molar-refractivity contribution in [1.29, 1.82) is 0 Å². The van der Waals surface area contributed by atoms with Crippen molar-refractivity contribution < 1.29 is 9.90 Å². The lowest BCUT2D eigenvalue weighted by atomic mass is 10.1. The van der Waals surface area contributed by atoms with E-state index < -0.39 is 0 Å². The SMILES string of the molecule is CC(=NN1CCN(C)CC1)C1=C(O)c2ccccc2C1=O. The van der Waals surface area contributed by atoms with E-state index in [1.54, 1.807) is 25.1 Å². The molecule has 1 aromatic carbocycles. The van der Waals surface area contributed by atoms with Gasteiger partial charge in [0.1, 0.15) is 5.76 Å². The number of ketones is 1. The first-order chi connectivity index (χ1) is 10.1. The highest BCUT2D eigenvalue weighted by Crippen LogP contribution is 2.31. The van der Waals surface area contributed by atoms with E-state index in [0.29, 0.717) is 22.4 Å². The Kier molecular flexibility index (Phi) is 3.51. The summed E-state index contributed by atoms with van der Waals surface area (Å²) in [6.07, 6.45) is 0. The van der Waals surface area contributed by atoms with Crippen molar-refractivity contribution in [1.82, 2.24) is 9.91 Å². The second-order valence-corrected chi connectivity index (χ2v) is 5.54. The van der Waals surface area contributed by atoms with E-state index in [1.807, 2.05) is 11.1 Å². The van der Waals surface area contributed by atoms with Crippen LogP contribution in [0.3, 0.4) is 0 Å². The van der Waals surface area contributed by atoms with E-state index in [0.717, 1.165) is 26.2 Å². The topological polar surface area (TPSA) is 56.1 Å². The number of piperazine rings is 1. The van der Waals surface area contributed by atoms with Gasteiger partial charge < -0.3 is 10.0 Å². The molecule has 110 valence electrons. The molecule has 1 heterocycles. The van der Waals surface area contributed by atoms with E-state index in [4.69, 9.17) is 0 Å². The van der Waals surface area contributed by atoms with Crippen LogP contribution in [0.15, 0.2) is 34.9 Å². The molecule has 1 aliphatic heterocycles. The highest BCUT2D eigenvalue weighted by atomic mass is 16.3. The van der Waals surface area contributed by atoms with Crippen LogP contribution in [0.4, 0.5) is 0 Å². The molecule has 2 aliphatic rings. The van der Waals surface area contributed by atoms with Gasteiger partial charge in [-0.3, -0.25) is 9.80 Å². The maximum absolute atomic E-state index is 12.4. The Morgan fingerprint density at radius 3 is 2.38 bits per heavy atom. The minimum absolute atomic E-state index is 0.0472. The molecule has 0 unspecified atom stereocenters. The molecule has 0 atom stereocenters. The summed E-state index contributed by atoms with van der Waals surface area (Å²) < 4.78 is 0. The molecule has 0 bridgehead atoms. The first kappa shape index (κ1) is 13.8. The van der Waals surface area contributed by atoms with E-state index in [1.165, 1.54) is 0 Å². The van der Waals surface area contributed by atoms with Gasteiger partial charge in [0.05, 0.1) is 11.3 Å². The smallest absolute Gasteiger partial charge is 0.199 e. The molecule has 1 saturated heterocycles. The Morgan fingerprint density at radius 2 is 1.76 bits per heavy atom. The number of allylic oxidation sites excluding steroid dienone is 1. The number of nitrogens with zero attached hydrogens (tertiary/aromatic N) is 3. The molecule has 5 nitrogen and oxygen atoms in total. The molecule has 1 aromatic rings. The third-order valence-electron chi connectivity index (χ3n) is 4.02. The number of carbonyl (C=O) groups is 1. The van der Waals surface area contributed by atoms with Crippen molar-refractivity contribution in [2.75, 3.05) is 33.2 Å². The summed E-state index contributed by atoms with van der Waals surface area (Å²) in [7, 11) is 2.08. The number of hydrazone groups is 1. The Labute approximate surface area is 124 Å². The van der Waals surface area contributed by atoms with Crippen LogP contribution in [0.1, 0.15) is 22.8 Å². The number of aliphatic hydroxyl groups excluding tert-OH is 1. The van der Waals surface area contributed by atoms with E-state index >= 15 is 0 Å². The van der Waals surface area contributed by atoms with Gasteiger partial charge >= 0.3 is 0 Å². The number of carbonyl (C=O) groups excluding carboxylic acids is 1. The van der Waals surface area contributed by atoms with Crippen LogP contribution in [0.25, 0.3) is 5.76 Å². The zero-order valence-corrected chi connectivity index (χ0v) is 12.3. The van der Waals surface area contributed by atoms with Gasteiger partial charge in [-0.1, -0.05) is 24.3 Å². The number of benzene rings is 1. The summed E-state index contributed by atoms with van der Waals surface area (Å²) in [4.78, 5) is 14.7. The number of hydrogen-bond donors (Lipinski definition) is 1. The van der Waals surface area contributed by atoms with E-state index in [9.17, 15) is 9.90 Å². The Bertz CT molecular complexity index is 641. The fourth-order valence-corrected chi connectivity index (χ4v) is 2.76. The maximum atomic E-state index is 12.4. The number of Topliss-reactive ketones (excluding diaryl/α,β-unsaturated/α-hetero) is 1. The minimum Gasteiger partial charge on any atom is -0.506 e. The molecular weight excluding hydrogens is 266 g/mol. The van der Waals surface area contributed by atoms with Crippen molar-refractivity contribution in [2.45, 2.75) is 6.92 Å². The average Bonchev–Trinajstić information content (AvgIpc) is 2.74. The largest absolute Gasteiger partial charge is 0.506 e. The van der Waals surface area contributed by atoms with Crippen LogP contribution in [-0.2, 0) is 0 Å². The molecule has 1 aliphatic carbocycles. The van der Waals surface area contributed by atoms with Crippen LogP contribution in [-0.4, -0.2) is 59.7 Å². The standard InChI is InChI=1S/C16H19N3O2/c1-11(17-19-9-7-18(2)8-10-19)14-15(20)12-5-3-4-6-13(12)16(14)21/h3-6,20H,7-10H2,1-2H3. The summed E-state index contributed by atoms with van der Waals surface area (Å²) >= 11 is 0. The predicted octanol–water partition coefficient (Wildman–Crippen LogP) is 1.78. The van der Waals surface area contributed by atoms with Crippen molar-refractivity contribution >= 4 is 17.3 Å². The highest BCUT2D eigenvalue weighted by Gasteiger charge is 2.31. The molecule has 0 spiro atoms. The third-order valence-corrected chi connectivity index (χ3v) is 4.02. The third kappa shape index (κ3) is 2.45. The predicted molar refractivity (Wildman–Crippen MR) is 82.5 cm³/mol. The van der Waals surface area contributed by atoms with Gasteiger partial charge in [-0.2, -0.15) is 5.10 Å². The molecule has 0 radical (unpaired) electrons. The number of hydrogen-bond acceptors (Lipinski definition) is 5. The molecule has 5 heteroatoms. The summed E-state index contributed by atoms with van der Waals surface area (Å²) in [5.41, 5.74) is 2.07. The molecule has 0 amide bonds. The molecule has 0 aromatic heterocycles. The summed E-state index contributed by atoms with van der Waals surface area (Å²) in [6.45, 7) is 5.37. The fourth-order valence-electron chi connectivity index (χ4n) is 2.76. The quantitative estimate of drug-likeness (QED) is 0.842. The van der Waals surface area contributed by atoms with Crippen LogP contribution in [0, 0.1) is 0 Å².